The summed E-state index contributed by atoms with van der Waals surface area (Å²) < 4.78 is 25.0. The first kappa shape index (κ1) is 21.6. The van der Waals surface area contributed by atoms with E-state index in [4.69, 9.17) is 18.6 Å². The van der Waals surface area contributed by atoms with Crippen LogP contribution >= 0.6 is 0 Å². The van der Waals surface area contributed by atoms with Crippen LogP contribution in [-0.2, 0) is 18.6 Å². The summed E-state index contributed by atoms with van der Waals surface area (Å²) in [4.78, 5) is 0. The summed E-state index contributed by atoms with van der Waals surface area (Å²) in [6, 6.07) is 10.3. The molecule has 0 atom stereocenters. The van der Waals surface area contributed by atoms with Gasteiger partial charge in [0.15, 0.2) is 0 Å². The summed E-state index contributed by atoms with van der Waals surface area (Å²) in [6.07, 6.45) is 3.71. The molecule has 2 heterocycles. The molecule has 1 aromatic carbocycles. The van der Waals surface area contributed by atoms with Crippen molar-refractivity contribution in [1.29, 1.82) is 0 Å². The third-order valence-corrected chi connectivity index (χ3v) is 6.68. The lowest BCUT2D eigenvalue weighted by molar-refractivity contribution is 0.00578. The second-order valence-corrected chi connectivity index (χ2v) is 9.94. The zero-order valence-electron chi connectivity index (χ0n) is 18.7. The number of hydrogen-bond donors (Lipinski definition) is 0. The summed E-state index contributed by atoms with van der Waals surface area (Å²) in [5, 5.41) is 0. The van der Waals surface area contributed by atoms with E-state index in [1.807, 2.05) is 18.2 Å². The van der Waals surface area contributed by atoms with Gasteiger partial charge in [-0.3, -0.25) is 0 Å². The topological polar surface area (TPSA) is 36.9 Å². The summed E-state index contributed by atoms with van der Waals surface area (Å²) >= 11 is 0. The molecule has 2 aliphatic rings. The normalized spacial score (nSPS) is 25.4. The van der Waals surface area contributed by atoms with Gasteiger partial charge in [-0.1, -0.05) is 36.4 Å². The fourth-order valence-electron chi connectivity index (χ4n) is 3.38. The average Bonchev–Trinajstić information content (AvgIpc) is 2.91. The standard InChI is InChI=1S/C22H34B2O4/c1-19(2)20(3,4)26-23(25-19)15-14-18(16-17-12-10-9-11-13-17)24-27-21(5,6)22(7,8)28-24/h9-13,16H,14-15H2,1-8H3/b18-16+. The number of allylic oxidation sites excluding steroid dienone is 1. The molecule has 28 heavy (non-hydrogen) atoms. The van der Waals surface area contributed by atoms with Crippen molar-refractivity contribution in [2.24, 2.45) is 0 Å². The maximum absolute atomic E-state index is 6.32. The molecule has 2 aliphatic heterocycles. The van der Waals surface area contributed by atoms with Gasteiger partial charge in [-0.2, -0.15) is 0 Å². The van der Waals surface area contributed by atoms with Gasteiger partial charge in [0.1, 0.15) is 0 Å². The Bertz CT molecular complexity index is 693. The Kier molecular flexibility index (Phi) is 5.65. The molecule has 3 rings (SSSR count). The van der Waals surface area contributed by atoms with Gasteiger partial charge in [0, 0.05) is 0 Å². The molecular weight excluding hydrogens is 350 g/mol. The molecular formula is C22H34B2O4. The molecule has 0 amide bonds. The lowest BCUT2D eigenvalue weighted by Crippen LogP contribution is -2.41. The fraction of sp³-hybridized carbons (Fsp3) is 0.636. The summed E-state index contributed by atoms with van der Waals surface area (Å²) in [7, 11) is -0.598. The minimum Gasteiger partial charge on any atom is -0.403 e. The molecule has 0 aromatic heterocycles. The number of rotatable bonds is 5. The third-order valence-electron chi connectivity index (χ3n) is 6.68. The van der Waals surface area contributed by atoms with Gasteiger partial charge in [0.05, 0.1) is 22.4 Å². The van der Waals surface area contributed by atoms with E-state index in [1.54, 1.807) is 0 Å². The zero-order chi connectivity index (χ0) is 20.8. The molecule has 0 radical (unpaired) electrons. The molecule has 0 N–H and O–H groups in total. The molecule has 0 saturated carbocycles. The summed E-state index contributed by atoms with van der Waals surface area (Å²) in [5.74, 6) is 0. The van der Waals surface area contributed by atoms with Gasteiger partial charge in [-0.25, -0.2) is 0 Å². The molecule has 6 heteroatoms. The molecule has 2 saturated heterocycles. The summed E-state index contributed by atoms with van der Waals surface area (Å²) in [5.41, 5.74) is 0.896. The van der Waals surface area contributed by atoms with Gasteiger partial charge in [0.2, 0.25) is 0 Å². The van der Waals surface area contributed by atoms with Gasteiger partial charge in [-0.15, -0.1) is 0 Å². The zero-order valence-corrected chi connectivity index (χ0v) is 18.7. The van der Waals surface area contributed by atoms with E-state index >= 15 is 0 Å². The Hall–Kier alpha value is -1.07. The van der Waals surface area contributed by atoms with Crippen LogP contribution < -0.4 is 0 Å². The molecule has 1 aromatic rings. The molecule has 0 bridgehead atoms. The first-order chi connectivity index (χ1) is 12.8. The minimum absolute atomic E-state index is 0.230. The third kappa shape index (κ3) is 4.25. The highest BCUT2D eigenvalue weighted by Crippen LogP contribution is 2.41. The van der Waals surface area contributed by atoms with Crippen LogP contribution in [0.25, 0.3) is 6.08 Å². The van der Waals surface area contributed by atoms with Crippen molar-refractivity contribution < 1.29 is 18.6 Å². The highest BCUT2D eigenvalue weighted by Gasteiger charge is 2.53. The molecule has 0 unspecified atom stereocenters. The van der Waals surface area contributed by atoms with Crippen molar-refractivity contribution in [1.82, 2.24) is 0 Å². The summed E-state index contributed by atoms with van der Waals surface area (Å²) in [6.45, 7) is 16.7. The minimum atomic E-state index is -0.368. The van der Waals surface area contributed by atoms with E-state index in [1.165, 1.54) is 0 Å². The predicted octanol–water partition coefficient (Wildman–Crippen LogP) is 5.18. The molecule has 4 nitrogen and oxygen atoms in total. The van der Waals surface area contributed by atoms with Crippen LogP contribution in [0.1, 0.15) is 67.4 Å². The van der Waals surface area contributed by atoms with Crippen LogP contribution in [0, 0.1) is 0 Å². The second kappa shape index (κ2) is 7.32. The largest absolute Gasteiger partial charge is 0.490 e. The van der Waals surface area contributed by atoms with Crippen molar-refractivity contribution in [3.05, 3.63) is 41.4 Å². The monoisotopic (exact) mass is 384 g/mol. The van der Waals surface area contributed by atoms with Crippen LogP contribution in [0.15, 0.2) is 35.8 Å². The Morgan fingerprint density at radius 3 is 1.71 bits per heavy atom. The van der Waals surface area contributed by atoms with Crippen LogP contribution in [0.4, 0.5) is 0 Å². The first-order valence-electron chi connectivity index (χ1n) is 10.3. The Morgan fingerprint density at radius 2 is 1.21 bits per heavy atom. The lowest BCUT2D eigenvalue weighted by atomic mass is 9.69. The van der Waals surface area contributed by atoms with Gasteiger partial charge >= 0.3 is 14.2 Å². The van der Waals surface area contributed by atoms with Crippen LogP contribution in [0.3, 0.4) is 0 Å². The van der Waals surface area contributed by atoms with Crippen molar-refractivity contribution in [2.75, 3.05) is 0 Å². The van der Waals surface area contributed by atoms with Crippen LogP contribution in [-0.4, -0.2) is 36.6 Å². The average molecular weight is 384 g/mol. The van der Waals surface area contributed by atoms with Gasteiger partial charge in [-0.05, 0) is 79.2 Å². The Balaban J connectivity index is 1.78. The van der Waals surface area contributed by atoms with Crippen molar-refractivity contribution >= 4 is 20.3 Å². The molecule has 152 valence electrons. The van der Waals surface area contributed by atoms with E-state index in [0.29, 0.717) is 0 Å². The van der Waals surface area contributed by atoms with E-state index in [2.05, 4.69) is 73.6 Å². The molecule has 0 aliphatic carbocycles. The highest BCUT2D eigenvalue weighted by molar-refractivity contribution is 6.56. The quantitative estimate of drug-likeness (QED) is 0.656. The van der Waals surface area contributed by atoms with E-state index in [-0.39, 0.29) is 36.6 Å². The maximum atomic E-state index is 6.32. The highest BCUT2D eigenvalue weighted by atomic mass is 16.7. The van der Waals surface area contributed by atoms with Crippen molar-refractivity contribution in [3.8, 4) is 0 Å². The smallest absolute Gasteiger partial charge is 0.403 e. The SMILES string of the molecule is CC1(C)OB(CC/C(=C\c2ccccc2)B2OC(C)(C)C(C)(C)O2)OC1(C)C. The predicted molar refractivity (Wildman–Crippen MR) is 116 cm³/mol. The molecule has 2 fully saturated rings. The Morgan fingerprint density at radius 1 is 0.750 bits per heavy atom. The van der Waals surface area contributed by atoms with Crippen molar-refractivity contribution in [2.45, 2.75) is 90.5 Å². The maximum Gasteiger partial charge on any atom is 0.490 e. The fourth-order valence-corrected chi connectivity index (χ4v) is 3.38. The lowest BCUT2D eigenvalue weighted by Gasteiger charge is -2.32. The van der Waals surface area contributed by atoms with Gasteiger partial charge < -0.3 is 18.6 Å². The van der Waals surface area contributed by atoms with Crippen molar-refractivity contribution in [3.63, 3.8) is 0 Å². The second-order valence-electron chi connectivity index (χ2n) is 9.94. The van der Waals surface area contributed by atoms with Crippen LogP contribution in [0.2, 0.25) is 6.32 Å². The van der Waals surface area contributed by atoms with Crippen LogP contribution in [0.5, 0.6) is 0 Å². The van der Waals surface area contributed by atoms with E-state index in [0.717, 1.165) is 23.8 Å². The van der Waals surface area contributed by atoms with E-state index in [9.17, 15) is 0 Å². The van der Waals surface area contributed by atoms with Gasteiger partial charge in [0.25, 0.3) is 0 Å². The molecule has 0 spiro atoms. The first-order valence-corrected chi connectivity index (χ1v) is 10.3. The Labute approximate surface area is 171 Å². The van der Waals surface area contributed by atoms with E-state index < -0.39 is 0 Å². The number of benzene rings is 1. The number of hydrogen-bond acceptors (Lipinski definition) is 4.